The van der Waals surface area contributed by atoms with E-state index in [-0.39, 0.29) is 23.2 Å². The zero-order valence-corrected chi connectivity index (χ0v) is 14.7. The molecule has 3 nitrogen and oxygen atoms in total. The van der Waals surface area contributed by atoms with E-state index >= 15 is 0 Å². The Labute approximate surface area is 152 Å². The Hall–Kier alpha value is -3.20. The number of aliphatic hydroxyl groups excluding tert-OH is 1. The molecule has 3 N–H and O–H groups in total. The van der Waals surface area contributed by atoms with Crippen molar-refractivity contribution in [2.45, 2.75) is 13.8 Å². The predicted molar refractivity (Wildman–Crippen MR) is 104 cm³/mol. The fourth-order valence-corrected chi connectivity index (χ4v) is 3.76. The van der Waals surface area contributed by atoms with E-state index in [1.54, 1.807) is 30.3 Å². The van der Waals surface area contributed by atoms with Crippen LogP contribution in [0.2, 0.25) is 0 Å². The highest BCUT2D eigenvalue weighted by molar-refractivity contribution is 6.09. The molecule has 0 fully saturated rings. The van der Waals surface area contributed by atoms with E-state index in [2.05, 4.69) is 13.0 Å². The van der Waals surface area contributed by atoms with E-state index in [9.17, 15) is 15.3 Å². The summed E-state index contributed by atoms with van der Waals surface area (Å²) in [6.07, 6.45) is 5.81. The maximum Gasteiger partial charge on any atom is 0.115 e. The highest BCUT2D eigenvalue weighted by atomic mass is 16.3. The van der Waals surface area contributed by atoms with E-state index in [0.717, 1.165) is 39.0 Å². The van der Waals surface area contributed by atoms with Gasteiger partial charge in [0.15, 0.2) is 0 Å². The molecule has 3 heteroatoms. The topological polar surface area (TPSA) is 60.7 Å². The molecule has 0 saturated heterocycles. The predicted octanol–water partition coefficient (Wildman–Crippen LogP) is 5.28. The number of phenolic OH excluding ortho intramolecular Hbond substituents is 2. The van der Waals surface area contributed by atoms with Crippen molar-refractivity contribution in [3.05, 3.63) is 94.3 Å². The van der Waals surface area contributed by atoms with E-state index in [1.807, 2.05) is 31.2 Å². The second-order valence-corrected chi connectivity index (χ2v) is 6.87. The van der Waals surface area contributed by atoms with Crippen LogP contribution in [0.5, 0.6) is 11.5 Å². The molecule has 1 unspecified atom stereocenters. The van der Waals surface area contributed by atoms with Crippen molar-refractivity contribution in [1.29, 1.82) is 0 Å². The van der Waals surface area contributed by atoms with Crippen LogP contribution >= 0.6 is 0 Å². The van der Waals surface area contributed by atoms with Crippen molar-refractivity contribution in [2.24, 2.45) is 5.92 Å². The second kappa shape index (κ2) is 5.95. The fraction of sp³-hybridized carbons (Fsp3) is 0.130. The van der Waals surface area contributed by atoms with Crippen molar-refractivity contribution < 1.29 is 15.3 Å². The Morgan fingerprint density at radius 1 is 0.846 bits per heavy atom. The first kappa shape index (κ1) is 16.3. The van der Waals surface area contributed by atoms with Crippen LogP contribution in [-0.2, 0) is 0 Å². The van der Waals surface area contributed by atoms with Crippen molar-refractivity contribution in [2.75, 3.05) is 0 Å². The number of aryl methyl sites for hydroxylation is 1. The first-order valence-electron chi connectivity index (χ1n) is 8.62. The molecule has 0 amide bonds. The summed E-state index contributed by atoms with van der Waals surface area (Å²) in [6, 6.07) is 12.5. The molecule has 0 radical (unpaired) electrons. The summed E-state index contributed by atoms with van der Waals surface area (Å²) >= 11 is 0. The summed E-state index contributed by atoms with van der Waals surface area (Å²) < 4.78 is 0. The molecule has 2 aliphatic carbocycles. The first-order valence-corrected chi connectivity index (χ1v) is 8.62. The molecule has 2 aromatic rings. The molecule has 0 spiro atoms. The van der Waals surface area contributed by atoms with E-state index < -0.39 is 0 Å². The largest absolute Gasteiger partial charge is 0.508 e. The SMILES string of the molecule is Cc1cc(O)ccc1C1=C(c2ccc(O)cc2)C=C2C1=CC(O)=CC2C. The Balaban J connectivity index is 1.99. The summed E-state index contributed by atoms with van der Waals surface area (Å²) in [5.74, 6) is 0.840. The van der Waals surface area contributed by atoms with Gasteiger partial charge in [0, 0.05) is 5.92 Å². The van der Waals surface area contributed by atoms with Gasteiger partial charge in [-0.15, -0.1) is 0 Å². The van der Waals surface area contributed by atoms with Gasteiger partial charge in [0.25, 0.3) is 0 Å². The smallest absolute Gasteiger partial charge is 0.115 e. The molecule has 0 aromatic heterocycles. The molecule has 130 valence electrons. The van der Waals surface area contributed by atoms with E-state index in [1.165, 1.54) is 0 Å². The lowest BCUT2D eigenvalue weighted by molar-refractivity contribution is 0.424. The number of hydrogen-bond acceptors (Lipinski definition) is 3. The van der Waals surface area contributed by atoms with Crippen molar-refractivity contribution in [3.63, 3.8) is 0 Å². The minimum atomic E-state index is 0.108. The molecule has 0 saturated carbocycles. The number of aromatic hydroxyl groups is 2. The lowest BCUT2D eigenvalue weighted by Gasteiger charge is -2.20. The van der Waals surface area contributed by atoms with Crippen LogP contribution in [0.1, 0.15) is 23.6 Å². The molecule has 0 bridgehead atoms. The zero-order valence-electron chi connectivity index (χ0n) is 14.7. The summed E-state index contributed by atoms with van der Waals surface area (Å²) in [4.78, 5) is 0. The van der Waals surface area contributed by atoms with Crippen LogP contribution in [0, 0.1) is 12.8 Å². The third kappa shape index (κ3) is 2.62. The minimum Gasteiger partial charge on any atom is -0.508 e. The van der Waals surface area contributed by atoms with Crippen LogP contribution in [0.4, 0.5) is 0 Å². The molecule has 0 heterocycles. The molecule has 26 heavy (non-hydrogen) atoms. The normalized spacial score (nSPS) is 19.0. The standard InChI is InChI=1S/C23H20O3/c1-13-9-17(25)7-8-19(13)23-21(15-3-5-16(24)6-4-15)12-20-14(2)10-18(26)11-22(20)23/h3-12,14,24-26H,1-2H3. The number of benzene rings is 2. The van der Waals surface area contributed by atoms with Gasteiger partial charge in [0.1, 0.15) is 17.3 Å². The van der Waals surface area contributed by atoms with E-state index in [4.69, 9.17) is 0 Å². The van der Waals surface area contributed by atoms with E-state index in [0.29, 0.717) is 0 Å². The Morgan fingerprint density at radius 2 is 1.54 bits per heavy atom. The highest BCUT2D eigenvalue weighted by Gasteiger charge is 2.29. The summed E-state index contributed by atoms with van der Waals surface area (Å²) in [6.45, 7) is 4.03. The van der Waals surface area contributed by atoms with Crippen LogP contribution in [0.25, 0.3) is 11.1 Å². The maximum atomic E-state index is 10.2. The monoisotopic (exact) mass is 344 g/mol. The molecule has 2 aromatic carbocycles. The van der Waals surface area contributed by atoms with Crippen LogP contribution in [-0.4, -0.2) is 15.3 Å². The van der Waals surface area contributed by atoms with Gasteiger partial charge >= 0.3 is 0 Å². The third-order valence-corrected chi connectivity index (χ3v) is 5.01. The molecule has 0 aliphatic heterocycles. The van der Waals surface area contributed by atoms with Crippen molar-refractivity contribution in [1.82, 2.24) is 0 Å². The number of rotatable bonds is 2. The van der Waals surface area contributed by atoms with Gasteiger partial charge in [0.05, 0.1) is 0 Å². The molecule has 4 rings (SSSR count). The minimum absolute atomic E-state index is 0.108. The number of aliphatic hydroxyl groups is 1. The number of allylic oxidation sites excluding steroid dienone is 7. The average molecular weight is 344 g/mol. The summed E-state index contributed by atoms with van der Waals surface area (Å²) in [5.41, 5.74) is 7.24. The van der Waals surface area contributed by atoms with Gasteiger partial charge in [-0.05, 0) is 88.4 Å². The molecule has 1 atom stereocenters. The first-order chi connectivity index (χ1) is 12.4. The van der Waals surface area contributed by atoms with Crippen molar-refractivity contribution in [3.8, 4) is 11.5 Å². The van der Waals surface area contributed by atoms with Gasteiger partial charge < -0.3 is 15.3 Å². The number of fused-ring (bicyclic) bond motifs is 1. The quantitative estimate of drug-likeness (QED) is 0.695. The lowest BCUT2D eigenvalue weighted by Crippen LogP contribution is -2.05. The molecular weight excluding hydrogens is 324 g/mol. The van der Waals surface area contributed by atoms with Crippen LogP contribution in [0.15, 0.2) is 77.6 Å². The van der Waals surface area contributed by atoms with Crippen LogP contribution < -0.4 is 0 Å². The van der Waals surface area contributed by atoms with Gasteiger partial charge in [0.2, 0.25) is 0 Å². The lowest BCUT2D eigenvalue weighted by atomic mass is 9.84. The summed E-state index contributed by atoms with van der Waals surface area (Å²) in [7, 11) is 0. The van der Waals surface area contributed by atoms with Gasteiger partial charge in [-0.3, -0.25) is 0 Å². The van der Waals surface area contributed by atoms with Crippen molar-refractivity contribution >= 4 is 11.1 Å². The van der Waals surface area contributed by atoms with Crippen LogP contribution in [0.3, 0.4) is 0 Å². The average Bonchev–Trinajstić information content (AvgIpc) is 2.95. The molecular formula is C23H20O3. The zero-order chi connectivity index (χ0) is 18.4. The fourth-order valence-electron chi connectivity index (χ4n) is 3.76. The Morgan fingerprint density at radius 3 is 2.23 bits per heavy atom. The third-order valence-electron chi connectivity index (χ3n) is 5.01. The highest BCUT2D eigenvalue weighted by Crippen LogP contribution is 2.48. The van der Waals surface area contributed by atoms with Gasteiger partial charge in [-0.2, -0.15) is 0 Å². The Bertz CT molecular complexity index is 1020. The summed E-state index contributed by atoms with van der Waals surface area (Å²) in [5, 5.41) is 29.6. The number of phenols is 2. The number of hydrogen-bond donors (Lipinski definition) is 3. The Kier molecular flexibility index (Phi) is 3.73. The second-order valence-electron chi connectivity index (χ2n) is 6.87. The molecule has 2 aliphatic rings. The van der Waals surface area contributed by atoms with Gasteiger partial charge in [-0.1, -0.05) is 25.1 Å². The van der Waals surface area contributed by atoms with Gasteiger partial charge in [-0.25, -0.2) is 0 Å². The maximum absolute atomic E-state index is 10.2.